The fraction of sp³-hybridized carbons (Fsp3) is 0.261. The Hall–Kier alpha value is -2.34. The van der Waals surface area contributed by atoms with Crippen molar-refractivity contribution >= 4 is 52.5 Å². The molecule has 4 atom stereocenters. The highest BCUT2D eigenvalue weighted by atomic mass is 35.5. The molecule has 5 rings (SSSR count). The average molecular weight is 476 g/mol. The summed E-state index contributed by atoms with van der Waals surface area (Å²) < 4.78 is 0. The molecule has 5 nitrogen and oxygen atoms in total. The van der Waals surface area contributed by atoms with Crippen LogP contribution in [0.2, 0.25) is 15.1 Å². The molecule has 2 fully saturated rings. The number of nitrogens with zero attached hydrogens (tertiary/aromatic N) is 2. The van der Waals surface area contributed by atoms with Crippen molar-refractivity contribution in [1.29, 1.82) is 0 Å². The van der Waals surface area contributed by atoms with E-state index in [1.807, 2.05) is 12.2 Å². The summed E-state index contributed by atoms with van der Waals surface area (Å²) in [6.07, 6.45) is 4.84. The summed E-state index contributed by atoms with van der Waals surface area (Å²) in [6.45, 7) is -0.0272. The number of hydrogen-bond donors (Lipinski definition) is 0. The molecule has 1 heterocycles. The molecular formula is C23H17Cl3N2O3. The lowest BCUT2D eigenvalue weighted by molar-refractivity contribution is -0.156. The summed E-state index contributed by atoms with van der Waals surface area (Å²) in [5, 5.41) is 3.15. The van der Waals surface area contributed by atoms with Crippen molar-refractivity contribution in [3.8, 4) is 0 Å². The van der Waals surface area contributed by atoms with Crippen LogP contribution in [-0.4, -0.2) is 27.7 Å². The first kappa shape index (κ1) is 20.6. The van der Waals surface area contributed by atoms with E-state index in [2.05, 4.69) is 0 Å². The van der Waals surface area contributed by atoms with Crippen molar-refractivity contribution in [2.45, 2.75) is 13.0 Å². The van der Waals surface area contributed by atoms with Gasteiger partial charge in [0.1, 0.15) is 0 Å². The molecule has 3 amide bonds. The minimum atomic E-state index is -0.529. The number of amides is 3. The molecule has 0 spiro atoms. The highest BCUT2D eigenvalue weighted by molar-refractivity contribution is 6.42. The molecule has 2 aliphatic carbocycles. The van der Waals surface area contributed by atoms with Crippen LogP contribution in [0.3, 0.4) is 0 Å². The van der Waals surface area contributed by atoms with Gasteiger partial charge in [-0.1, -0.05) is 65.2 Å². The van der Waals surface area contributed by atoms with Crippen molar-refractivity contribution in [2.75, 3.05) is 0 Å². The smallest absolute Gasteiger partial charge is 0.272 e. The van der Waals surface area contributed by atoms with Gasteiger partial charge < -0.3 is 0 Å². The number of imide groups is 1. The molecule has 1 saturated carbocycles. The quantitative estimate of drug-likeness (QED) is 0.461. The maximum atomic E-state index is 13.5. The highest BCUT2D eigenvalue weighted by Crippen LogP contribution is 2.53. The van der Waals surface area contributed by atoms with Gasteiger partial charge in [0.15, 0.2) is 0 Å². The second-order valence-corrected chi connectivity index (χ2v) is 9.30. The third-order valence-corrected chi connectivity index (χ3v) is 7.41. The van der Waals surface area contributed by atoms with E-state index >= 15 is 0 Å². The molecule has 3 aliphatic rings. The van der Waals surface area contributed by atoms with Crippen molar-refractivity contribution in [3.05, 3.63) is 80.8 Å². The van der Waals surface area contributed by atoms with Crippen LogP contribution in [0.25, 0.3) is 0 Å². The topological polar surface area (TPSA) is 57.7 Å². The van der Waals surface area contributed by atoms with E-state index in [4.69, 9.17) is 34.8 Å². The monoisotopic (exact) mass is 474 g/mol. The zero-order valence-electron chi connectivity index (χ0n) is 16.2. The Balaban J connectivity index is 1.55. The molecule has 0 aromatic heterocycles. The third-order valence-electron chi connectivity index (χ3n) is 6.34. The molecule has 2 aromatic rings. The first-order valence-electron chi connectivity index (χ1n) is 9.93. The number of carbonyl (C=O) groups is 3. The standard InChI is InChI=1S/C23H17Cl3N2O3/c24-16-4-2-1-3-15(16)21(29)27(11-12-5-8-17(25)18(26)9-12)28-22(30)19-13-6-7-14(10-13)20(19)23(28)31/h1-9,13-14,19-20H,10-11H2/t13-,14-,19-,20+/m0/s1. The molecule has 0 radical (unpaired) electrons. The third kappa shape index (κ3) is 3.27. The van der Waals surface area contributed by atoms with Gasteiger partial charge in [0.25, 0.3) is 17.7 Å². The van der Waals surface area contributed by atoms with Crippen molar-refractivity contribution < 1.29 is 14.4 Å². The Kier molecular flexibility index (Phi) is 5.08. The van der Waals surface area contributed by atoms with Crippen LogP contribution in [-0.2, 0) is 16.1 Å². The summed E-state index contributed by atoms with van der Waals surface area (Å²) in [4.78, 5) is 40.2. The number of hydrazine groups is 1. The fourth-order valence-corrected chi connectivity index (χ4v) is 5.48. The predicted molar refractivity (Wildman–Crippen MR) is 117 cm³/mol. The van der Waals surface area contributed by atoms with Gasteiger partial charge in [-0.2, -0.15) is 5.01 Å². The lowest BCUT2D eigenvalue weighted by Gasteiger charge is -2.31. The molecule has 31 heavy (non-hydrogen) atoms. The number of allylic oxidation sites excluding steroid dienone is 2. The number of halogens is 3. The van der Waals surface area contributed by atoms with E-state index in [9.17, 15) is 14.4 Å². The summed E-state index contributed by atoms with van der Waals surface area (Å²) in [5.74, 6) is -1.97. The molecule has 158 valence electrons. The van der Waals surface area contributed by atoms with Crippen LogP contribution in [0, 0.1) is 23.7 Å². The van der Waals surface area contributed by atoms with Crippen molar-refractivity contribution in [1.82, 2.24) is 10.0 Å². The van der Waals surface area contributed by atoms with Gasteiger partial charge >= 0.3 is 0 Å². The summed E-state index contributed by atoms with van der Waals surface area (Å²) in [5.41, 5.74) is 0.844. The number of benzene rings is 2. The molecule has 8 heteroatoms. The number of rotatable bonds is 4. The van der Waals surface area contributed by atoms with Crippen LogP contribution in [0.1, 0.15) is 22.3 Å². The van der Waals surface area contributed by atoms with E-state index in [0.717, 1.165) is 11.4 Å². The maximum Gasteiger partial charge on any atom is 0.274 e. The normalized spacial score (nSPS) is 26.0. The van der Waals surface area contributed by atoms with Crippen LogP contribution >= 0.6 is 34.8 Å². The lowest BCUT2D eigenvalue weighted by Crippen LogP contribution is -2.50. The molecular weight excluding hydrogens is 459 g/mol. The van der Waals surface area contributed by atoms with Gasteiger partial charge in [0, 0.05) is 0 Å². The Morgan fingerprint density at radius 2 is 1.55 bits per heavy atom. The Bertz CT molecular complexity index is 1120. The zero-order valence-corrected chi connectivity index (χ0v) is 18.4. The van der Waals surface area contributed by atoms with Crippen LogP contribution < -0.4 is 0 Å². The molecule has 1 aliphatic heterocycles. The van der Waals surface area contributed by atoms with Crippen LogP contribution in [0.5, 0.6) is 0 Å². The lowest BCUT2D eigenvalue weighted by atomic mass is 9.85. The van der Waals surface area contributed by atoms with Gasteiger partial charge in [-0.3, -0.25) is 14.4 Å². The fourth-order valence-electron chi connectivity index (χ4n) is 4.94. The molecule has 1 saturated heterocycles. The van der Waals surface area contributed by atoms with Gasteiger partial charge in [-0.25, -0.2) is 5.01 Å². The first-order chi connectivity index (χ1) is 14.9. The molecule has 2 aromatic carbocycles. The predicted octanol–water partition coefficient (Wildman–Crippen LogP) is 5.01. The number of hydrogen-bond acceptors (Lipinski definition) is 3. The van der Waals surface area contributed by atoms with Crippen LogP contribution in [0.4, 0.5) is 0 Å². The van der Waals surface area contributed by atoms with Gasteiger partial charge in [0.2, 0.25) is 0 Å². The first-order valence-corrected chi connectivity index (χ1v) is 11.1. The highest BCUT2D eigenvalue weighted by Gasteiger charge is 2.61. The van der Waals surface area contributed by atoms with E-state index in [1.165, 1.54) is 5.01 Å². The summed E-state index contributed by atoms with van der Waals surface area (Å²) in [7, 11) is 0. The Labute approximate surface area is 194 Å². The largest absolute Gasteiger partial charge is 0.274 e. The summed E-state index contributed by atoms with van der Waals surface area (Å²) >= 11 is 18.4. The second-order valence-electron chi connectivity index (χ2n) is 8.08. The SMILES string of the molecule is O=C(c1ccccc1Cl)N(Cc1ccc(Cl)c(Cl)c1)N1C(=O)[C@@H]2[C@H](C1=O)[C@H]1C=C[C@H]2C1. The van der Waals surface area contributed by atoms with Gasteiger partial charge in [-0.05, 0) is 48.1 Å². The second kappa shape index (κ2) is 7.66. The number of carbonyl (C=O) groups excluding carboxylic acids is 3. The van der Waals surface area contributed by atoms with E-state index < -0.39 is 17.7 Å². The van der Waals surface area contributed by atoms with E-state index in [-0.39, 0.29) is 40.8 Å². The maximum absolute atomic E-state index is 13.5. The Morgan fingerprint density at radius 3 is 2.16 bits per heavy atom. The van der Waals surface area contributed by atoms with Crippen LogP contribution in [0.15, 0.2) is 54.6 Å². The van der Waals surface area contributed by atoms with Gasteiger partial charge in [0.05, 0.1) is 39.0 Å². The molecule has 0 unspecified atom stereocenters. The van der Waals surface area contributed by atoms with Crippen molar-refractivity contribution in [2.24, 2.45) is 23.7 Å². The van der Waals surface area contributed by atoms with E-state index in [1.54, 1.807) is 42.5 Å². The molecule has 0 N–H and O–H groups in total. The summed E-state index contributed by atoms with van der Waals surface area (Å²) in [6, 6.07) is 11.5. The Morgan fingerprint density at radius 1 is 0.903 bits per heavy atom. The minimum absolute atomic E-state index is 0.0272. The number of fused-ring (bicyclic) bond motifs is 5. The van der Waals surface area contributed by atoms with E-state index in [0.29, 0.717) is 15.6 Å². The zero-order chi connectivity index (χ0) is 21.9. The molecule has 2 bridgehead atoms. The van der Waals surface area contributed by atoms with Crippen molar-refractivity contribution in [3.63, 3.8) is 0 Å². The minimum Gasteiger partial charge on any atom is -0.272 e. The van der Waals surface area contributed by atoms with Gasteiger partial charge in [-0.15, -0.1) is 0 Å². The average Bonchev–Trinajstić information content (AvgIpc) is 3.43.